The summed E-state index contributed by atoms with van der Waals surface area (Å²) in [6.45, 7) is -0.629. The first-order valence-electron chi connectivity index (χ1n) is 5.33. The number of amides is 1. The summed E-state index contributed by atoms with van der Waals surface area (Å²) in [5, 5.41) is 2.35. The molecular weight excluding hydrogens is 239 g/mol. The summed E-state index contributed by atoms with van der Waals surface area (Å²) in [5.41, 5.74) is -0.00668. The zero-order chi connectivity index (χ0) is 12.9. The molecule has 1 N–H and O–H groups in total. The molecule has 0 heterocycles. The standard InChI is InChI=1S/C10H16F3NO3/c1-16-5-4-9(2-3-9)6-14-8(15)17-7-10(11,12)13/h2-7H2,1H3,(H,14,15). The van der Waals surface area contributed by atoms with Crippen LogP contribution in [0.4, 0.5) is 18.0 Å². The molecule has 1 amide bonds. The third-order valence-electron chi connectivity index (χ3n) is 2.77. The van der Waals surface area contributed by atoms with Crippen molar-refractivity contribution in [1.82, 2.24) is 5.32 Å². The first-order chi connectivity index (χ1) is 7.87. The molecule has 1 fully saturated rings. The van der Waals surface area contributed by atoms with Crippen LogP contribution in [0.15, 0.2) is 0 Å². The van der Waals surface area contributed by atoms with E-state index < -0.39 is 18.9 Å². The summed E-state index contributed by atoms with van der Waals surface area (Å²) < 4.78 is 44.2. The van der Waals surface area contributed by atoms with Gasteiger partial charge in [0.05, 0.1) is 0 Å². The van der Waals surface area contributed by atoms with Gasteiger partial charge in [0.2, 0.25) is 0 Å². The minimum absolute atomic E-state index is 0.00668. The molecule has 0 aromatic rings. The molecule has 0 aromatic heterocycles. The van der Waals surface area contributed by atoms with E-state index in [4.69, 9.17) is 4.74 Å². The van der Waals surface area contributed by atoms with Crippen LogP contribution in [0.3, 0.4) is 0 Å². The van der Waals surface area contributed by atoms with Gasteiger partial charge in [0.15, 0.2) is 6.61 Å². The normalized spacial score (nSPS) is 17.6. The summed E-state index contributed by atoms with van der Waals surface area (Å²) in [5.74, 6) is 0. The van der Waals surface area contributed by atoms with Crippen LogP contribution >= 0.6 is 0 Å². The molecule has 0 bridgehead atoms. The Morgan fingerprint density at radius 1 is 1.41 bits per heavy atom. The van der Waals surface area contributed by atoms with Gasteiger partial charge in [0, 0.05) is 20.3 Å². The molecule has 0 saturated heterocycles. The molecule has 1 rings (SSSR count). The van der Waals surface area contributed by atoms with E-state index in [9.17, 15) is 18.0 Å². The lowest BCUT2D eigenvalue weighted by molar-refractivity contribution is -0.160. The molecule has 7 heteroatoms. The van der Waals surface area contributed by atoms with Gasteiger partial charge in [-0.1, -0.05) is 0 Å². The molecule has 1 aliphatic rings. The molecule has 1 saturated carbocycles. The van der Waals surface area contributed by atoms with Gasteiger partial charge in [-0.25, -0.2) is 4.79 Å². The summed E-state index contributed by atoms with van der Waals surface area (Å²) in [6, 6.07) is 0. The van der Waals surface area contributed by atoms with E-state index in [0.717, 1.165) is 19.3 Å². The van der Waals surface area contributed by atoms with Gasteiger partial charge in [-0.3, -0.25) is 0 Å². The van der Waals surface area contributed by atoms with Crippen LogP contribution in [0.5, 0.6) is 0 Å². The van der Waals surface area contributed by atoms with Crippen molar-refractivity contribution in [3.05, 3.63) is 0 Å². The topological polar surface area (TPSA) is 47.6 Å². The number of hydrogen-bond acceptors (Lipinski definition) is 3. The average Bonchev–Trinajstić information content (AvgIpc) is 3.01. The van der Waals surface area contributed by atoms with Crippen molar-refractivity contribution in [3.8, 4) is 0 Å². The predicted octanol–water partition coefficient (Wildman–Crippen LogP) is 2.09. The molecule has 0 unspecified atom stereocenters. The van der Waals surface area contributed by atoms with Crippen molar-refractivity contribution in [1.29, 1.82) is 0 Å². The van der Waals surface area contributed by atoms with E-state index in [1.165, 1.54) is 0 Å². The highest BCUT2D eigenvalue weighted by molar-refractivity contribution is 5.67. The molecule has 0 spiro atoms. The Kier molecular flexibility index (Phi) is 4.62. The van der Waals surface area contributed by atoms with Crippen molar-refractivity contribution in [2.24, 2.45) is 5.41 Å². The molecule has 0 aliphatic heterocycles. The van der Waals surface area contributed by atoms with Crippen LogP contribution in [-0.4, -0.2) is 39.1 Å². The van der Waals surface area contributed by atoms with Crippen LogP contribution in [-0.2, 0) is 9.47 Å². The molecule has 0 radical (unpaired) electrons. The SMILES string of the molecule is COCCC1(CNC(=O)OCC(F)(F)F)CC1. The zero-order valence-electron chi connectivity index (χ0n) is 9.60. The summed E-state index contributed by atoms with van der Waals surface area (Å²) >= 11 is 0. The van der Waals surface area contributed by atoms with Gasteiger partial charge in [0.1, 0.15) is 0 Å². The van der Waals surface area contributed by atoms with E-state index in [0.29, 0.717) is 13.2 Å². The molecule has 100 valence electrons. The van der Waals surface area contributed by atoms with Gasteiger partial charge in [0.25, 0.3) is 0 Å². The van der Waals surface area contributed by atoms with Gasteiger partial charge in [-0.15, -0.1) is 0 Å². The van der Waals surface area contributed by atoms with Crippen LogP contribution in [0, 0.1) is 5.41 Å². The van der Waals surface area contributed by atoms with E-state index in [2.05, 4.69) is 10.1 Å². The molecule has 4 nitrogen and oxygen atoms in total. The molecule has 17 heavy (non-hydrogen) atoms. The van der Waals surface area contributed by atoms with E-state index in [1.54, 1.807) is 7.11 Å². The molecule has 0 atom stereocenters. The second-order valence-electron chi connectivity index (χ2n) is 4.29. The lowest BCUT2D eigenvalue weighted by Crippen LogP contribution is -2.33. The third kappa shape index (κ3) is 5.76. The van der Waals surface area contributed by atoms with Crippen LogP contribution in [0.2, 0.25) is 0 Å². The fraction of sp³-hybridized carbons (Fsp3) is 0.900. The number of alkyl carbamates (subject to hydrolysis) is 1. The highest BCUT2D eigenvalue weighted by atomic mass is 19.4. The smallest absolute Gasteiger partial charge is 0.422 e. The lowest BCUT2D eigenvalue weighted by Gasteiger charge is -2.15. The first kappa shape index (κ1) is 14.1. The number of carbonyl (C=O) groups excluding carboxylic acids is 1. The fourth-order valence-corrected chi connectivity index (χ4v) is 1.47. The summed E-state index contributed by atoms with van der Waals surface area (Å²) in [4.78, 5) is 11.0. The Bertz CT molecular complexity index is 264. The van der Waals surface area contributed by atoms with Crippen LogP contribution in [0.1, 0.15) is 19.3 Å². The van der Waals surface area contributed by atoms with Gasteiger partial charge >= 0.3 is 12.3 Å². The van der Waals surface area contributed by atoms with Crippen molar-refractivity contribution in [2.75, 3.05) is 26.9 Å². The minimum Gasteiger partial charge on any atom is -0.440 e. The second-order valence-corrected chi connectivity index (χ2v) is 4.29. The summed E-state index contributed by atoms with van der Waals surface area (Å²) in [6.07, 6.45) is -2.80. The van der Waals surface area contributed by atoms with Crippen LogP contribution in [0.25, 0.3) is 0 Å². The van der Waals surface area contributed by atoms with Crippen molar-refractivity contribution in [2.45, 2.75) is 25.4 Å². The van der Waals surface area contributed by atoms with Gasteiger partial charge in [-0.2, -0.15) is 13.2 Å². The summed E-state index contributed by atoms with van der Waals surface area (Å²) in [7, 11) is 1.58. The van der Waals surface area contributed by atoms with E-state index >= 15 is 0 Å². The van der Waals surface area contributed by atoms with Gasteiger partial charge in [-0.05, 0) is 24.7 Å². The maximum absolute atomic E-state index is 11.7. The third-order valence-corrected chi connectivity index (χ3v) is 2.77. The lowest BCUT2D eigenvalue weighted by atomic mass is 10.0. The Morgan fingerprint density at radius 3 is 2.53 bits per heavy atom. The fourth-order valence-electron chi connectivity index (χ4n) is 1.47. The van der Waals surface area contributed by atoms with E-state index in [-0.39, 0.29) is 5.41 Å². The Labute approximate surface area is 97.5 Å². The Morgan fingerprint density at radius 2 is 2.06 bits per heavy atom. The molecular formula is C10H16F3NO3. The molecule has 1 aliphatic carbocycles. The monoisotopic (exact) mass is 255 g/mol. The number of nitrogens with one attached hydrogen (secondary N) is 1. The largest absolute Gasteiger partial charge is 0.440 e. The predicted molar refractivity (Wildman–Crippen MR) is 53.6 cm³/mol. The number of carbonyl (C=O) groups is 1. The van der Waals surface area contributed by atoms with Crippen LogP contribution < -0.4 is 5.32 Å². The maximum Gasteiger partial charge on any atom is 0.422 e. The van der Waals surface area contributed by atoms with Crippen molar-refractivity contribution in [3.63, 3.8) is 0 Å². The van der Waals surface area contributed by atoms with Crippen molar-refractivity contribution < 1.29 is 27.4 Å². The first-order valence-corrected chi connectivity index (χ1v) is 5.33. The van der Waals surface area contributed by atoms with Crippen molar-refractivity contribution >= 4 is 6.09 Å². The number of halogens is 3. The maximum atomic E-state index is 11.7. The van der Waals surface area contributed by atoms with E-state index in [1.807, 2.05) is 0 Å². The van der Waals surface area contributed by atoms with Gasteiger partial charge < -0.3 is 14.8 Å². The zero-order valence-corrected chi connectivity index (χ0v) is 9.60. The highest BCUT2D eigenvalue weighted by Gasteiger charge is 2.42. The number of rotatable bonds is 6. The number of methoxy groups -OCH3 is 1. The molecule has 0 aromatic carbocycles. The quantitative estimate of drug-likeness (QED) is 0.790. The second kappa shape index (κ2) is 5.57. The number of ether oxygens (including phenoxy) is 2. The Hall–Kier alpha value is -0.980. The minimum atomic E-state index is -4.48. The highest BCUT2D eigenvalue weighted by Crippen LogP contribution is 2.48. The Balaban J connectivity index is 2.15. The number of hydrogen-bond donors (Lipinski definition) is 1. The number of alkyl halides is 3. The average molecular weight is 255 g/mol.